The zero-order chi connectivity index (χ0) is 24.0. The number of nitrogens with one attached hydrogen (secondary N) is 1. The number of hydroxylamine groups is 1. The molecule has 180 valence electrons. The second kappa shape index (κ2) is 11.0. The van der Waals surface area contributed by atoms with Crippen LogP contribution in [0.4, 0.5) is 13.2 Å². The molecule has 1 saturated heterocycles. The summed E-state index contributed by atoms with van der Waals surface area (Å²) in [5.74, 6) is -0.350. The Bertz CT molecular complexity index is 951. The number of ether oxygens (including phenoxy) is 3. The van der Waals surface area contributed by atoms with Crippen molar-refractivity contribution in [3.8, 4) is 17.2 Å². The van der Waals surface area contributed by atoms with E-state index in [-0.39, 0.29) is 17.1 Å². The molecule has 2 aromatic carbocycles. The van der Waals surface area contributed by atoms with E-state index >= 15 is 0 Å². The molecule has 0 radical (unpaired) electrons. The molecule has 12 heteroatoms. The van der Waals surface area contributed by atoms with Crippen molar-refractivity contribution in [3.63, 3.8) is 0 Å². The zero-order valence-corrected chi connectivity index (χ0v) is 18.8. The van der Waals surface area contributed by atoms with E-state index in [4.69, 9.17) is 14.7 Å². The van der Waals surface area contributed by atoms with Gasteiger partial charge in [-0.05, 0) is 41.8 Å². The summed E-state index contributed by atoms with van der Waals surface area (Å²) in [6.45, 7) is 3.42. The first-order valence-corrected chi connectivity index (χ1v) is 10.7. The monoisotopic (exact) mass is 487 g/mol. The number of piperazine rings is 1. The summed E-state index contributed by atoms with van der Waals surface area (Å²) in [6, 6.07) is 9.27. The molecule has 2 aromatic rings. The van der Waals surface area contributed by atoms with Crippen LogP contribution in [0.25, 0.3) is 0 Å². The molecule has 1 heterocycles. The van der Waals surface area contributed by atoms with Gasteiger partial charge in [0.25, 0.3) is 5.91 Å². The molecule has 0 aliphatic carbocycles. The first-order valence-electron chi connectivity index (χ1n) is 9.93. The number of methoxy groups -OCH3 is 2. The lowest BCUT2D eigenvalue weighted by Gasteiger charge is -2.34. The molecule has 8 nitrogen and oxygen atoms in total. The number of halogens is 3. The SMILES string of the molecule is COc1ccc(SN2CCN(Cc3ccc(OC(F)(F)F)cc3)CC2)c(C(=O)NO)c1OC. The molecule has 1 aliphatic heterocycles. The highest BCUT2D eigenvalue weighted by molar-refractivity contribution is 7.97. The van der Waals surface area contributed by atoms with Gasteiger partial charge >= 0.3 is 6.36 Å². The Morgan fingerprint density at radius 3 is 2.27 bits per heavy atom. The summed E-state index contributed by atoms with van der Waals surface area (Å²) in [5, 5.41) is 9.16. The topological polar surface area (TPSA) is 83.5 Å². The Labute approximate surface area is 193 Å². The summed E-state index contributed by atoms with van der Waals surface area (Å²) in [6.07, 6.45) is -4.71. The second-order valence-corrected chi connectivity index (χ2v) is 8.24. The van der Waals surface area contributed by atoms with Crippen LogP contribution in [-0.4, -0.2) is 67.1 Å². The quantitative estimate of drug-likeness (QED) is 0.332. The van der Waals surface area contributed by atoms with Crippen molar-refractivity contribution in [1.82, 2.24) is 14.7 Å². The Kier molecular flexibility index (Phi) is 8.30. The van der Waals surface area contributed by atoms with Crippen LogP contribution in [0.15, 0.2) is 41.3 Å². The third-order valence-corrected chi connectivity index (χ3v) is 6.12. The van der Waals surface area contributed by atoms with Crippen LogP contribution in [0, 0.1) is 0 Å². The van der Waals surface area contributed by atoms with Crippen molar-refractivity contribution in [2.75, 3.05) is 40.4 Å². The van der Waals surface area contributed by atoms with Crippen molar-refractivity contribution < 1.29 is 37.4 Å². The van der Waals surface area contributed by atoms with Gasteiger partial charge in [-0.2, -0.15) is 0 Å². The molecule has 33 heavy (non-hydrogen) atoms. The fraction of sp³-hybridized carbons (Fsp3) is 0.381. The van der Waals surface area contributed by atoms with Crippen molar-refractivity contribution in [2.24, 2.45) is 0 Å². The standard InChI is InChI=1S/C21H24F3N3O5S/c1-30-16-7-8-17(18(19(16)31-2)20(28)25-29)33-27-11-9-26(10-12-27)13-14-3-5-15(6-4-14)32-21(22,23)24/h3-8,29H,9-13H2,1-2H3,(H,25,28). The molecule has 0 atom stereocenters. The smallest absolute Gasteiger partial charge is 0.493 e. The van der Waals surface area contributed by atoms with Crippen LogP contribution in [-0.2, 0) is 6.54 Å². The largest absolute Gasteiger partial charge is 0.573 e. The van der Waals surface area contributed by atoms with Crippen molar-refractivity contribution in [3.05, 3.63) is 47.5 Å². The van der Waals surface area contributed by atoms with Gasteiger partial charge in [-0.25, -0.2) is 9.79 Å². The number of benzene rings is 2. The van der Waals surface area contributed by atoms with Crippen molar-refractivity contribution in [2.45, 2.75) is 17.8 Å². The maximum absolute atomic E-state index is 12.3. The summed E-state index contributed by atoms with van der Waals surface area (Å²) in [4.78, 5) is 15.1. The third-order valence-electron chi connectivity index (χ3n) is 4.96. The minimum Gasteiger partial charge on any atom is -0.493 e. The fourth-order valence-corrected chi connectivity index (χ4v) is 4.46. The zero-order valence-electron chi connectivity index (χ0n) is 18.0. The molecule has 1 fully saturated rings. The molecule has 0 unspecified atom stereocenters. The Balaban J connectivity index is 1.60. The summed E-state index contributed by atoms with van der Waals surface area (Å²) >= 11 is 1.38. The van der Waals surface area contributed by atoms with E-state index in [1.807, 2.05) is 0 Å². The van der Waals surface area contributed by atoms with E-state index < -0.39 is 12.3 Å². The van der Waals surface area contributed by atoms with Gasteiger partial charge in [0.05, 0.1) is 14.2 Å². The van der Waals surface area contributed by atoms with Gasteiger partial charge in [0, 0.05) is 37.6 Å². The number of alkyl halides is 3. The minimum absolute atomic E-state index is 0.174. The van der Waals surface area contributed by atoms with E-state index in [0.717, 1.165) is 18.7 Å². The number of hydrogen-bond acceptors (Lipinski definition) is 8. The number of rotatable bonds is 8. The first-order chi connectivity index (χ1) is 15.7. The van der Waals surface area contributed by atoms with Gasteiger partial charge in [0.1, 0.15) is 11.3 Å². The average Bonchev–Trinajstić information content (AvgIpc) is 2.79. The van der Waals surface area contributed by atoms with Gasteiger partial charge in [-0.15, -0.1) is 13.2 Å². The Morgan fingerprint density at radius 1 is 1.06 bits per heavy atom. The van der Waals surface area contributed by atoms with Gasteiger partial charge in [-0.3, -0.25) is 14.9 Å². The Hall–Kier alpha value is -2.67. The normalized spacial score (nSPS) is 15.2. The third kappa shape index (κ3) is 6.67. The number of hydrogen-bond donors (Lipinski definition) is 2. The number of carbonyl (C=O) groups excluding carboxylic acids is 1. The second-order valence-electron chi connectivity index (χ2n) is 7.10. The highest BCUT2D eigenvalue weighted by atomic mass is 32.2. The van der Waals surface area contributed by atoms with Crippen LogP contribution in [0.1, 0.15) is 15.9 Å². The summed E-state index contributed by atoms with van der Waals surface area (Å²) in [5.41, 5.74) is 2.71. The van der Waals surface area contributed by atoms with E-state index in [2.05, 4.69) is 13.9 Å². The number of amides is 1. The minimum atomic E-state index is -4.71. The van der Waals surface area contributed by atoms with Crippen LogP contribution in [0.2, 0.25) is 0 Å². The van der Waals surface area contributed by atoms with Crippen LogP contribution in [0.5, 0.6) is 17.2 Å². The maximum atomic E-state index is 12.3. The fourth-order valence-electron chi connectivity index (χ4n) is 3.43. The van der Waals surface area contributed by atoms with Gasteiger partial charge in [-0.1, -0.05) is 12.1 Å². The lowest BCUT2D eigenvalue weighted by molar-refractivity contribution is -0.274. The highest BCUT2D eigenvalue weighted by Crippen LogP contribution is 2.39. The maximum Gasteiger partial charge on any atom is 0.573 e. The van der Waals surface area contributed by atoms with Crippen LogP contribution < -0.4 is 19.7 Å². The molecular weight excluding hydrogens is 463 g/mol. The van der Waals surface area contributed by atoms with E-state index in [0.29, 0.717) is 30.3 Å². The predicted octanol–water partition coefficient (Wildman–Crippen LogP) is 3.55. The van der Waals surface area contributed by atoms with E-state index in [9.17, 15) is 18.0 Å². The summed E-state index contributed by atoms with van der Waals surface area (Å²) in [7, 11) is 2.88. The molecule has 1 amide bonds. The lowest BCUT2D eigenvalue weighted by Crippen LogP contribution is -2.42. The molecule has 3 rings (SSSR count). The van der Waals surface area contributed by atoms with Crippen LogP contribution >= 0.6 is 11.9 Å². The van der Waals surface area contributed by atoms with Crippen molar-refractivity contribution in [1.29, 1.82) is 0 Å². The van der Waals surface area contributed by atoms with Crippen LogP contribution in [0.3, 0.4) is 0 Å². The number of nitrogens with zero attached hydrogens (tertiary/aromatic N) is 2. The van der Waals surface area contributed by atoms with Gasteiger partial charge in [0.2, 0.25) is 0 Å². The molecular formula is C21H24F3N3O5S. The van der Waals surface area contributed by atoms with E-state index in [1.54, 1.807) is 29.7 Å². The molecule has 0 spiro atoms. The Morgan fingerprint density at radius 2 is 1.73 bits per heavy atom. The molecule has 2 N–H and O–H groups in total. The highest BCUT2D eigenvalue weighted by Gasteiger charge is 2.31. The summed E-state index contributed by atoms with van der Waals surface area (Å²) < 4.78 is 53.4. The first kappa shape index (κ1) is 25.0. The molecule has 0 bridgehead atoms. The number of carbonyl (C=O) groups is 1. The van der Waals surface area contributed by atoms with Gasteiger partial charge in [0.15, 0.2) is 11.5 Å². The van der Waals surface area contributed by atoms with E-state index in [1.165, 1.54) is 38.3 Å². The molecule has 0 saturated carbocycles. The van der Waals surface area contributed by atoms with Crippen molar-refractivity contribution >= 4 is 17.9 Å². The average molecular weight is 488 g/mol. The van der Waals surface area contributed by atoms with Gasteiger partial charge < -0.3 is 14.2 Å². The molecule has 0 aromatic heterocycles. The lowest BCUT2D eigenvalue weighted by atomic mass is 10.1. The predicted molar refractivity (Wildman–Crippen MR) is 115 cm³/mol. The molecule has 1 aliphatic rings.